The molecule has 11 rings (SSSR count). The van der Waals surface area contributed by atoms with Crippen molar-refractivity contribution in [1.29, 1.82) is 0 Å². The van der Waals surface area contributed by atoms with Crippen LogP contribution in [0.15, 0.2) is 60.5 Å². The number of ether oxygens (including phenoxy) is 1. The van der Waals surface area contributed by atoms with E-state index in [0.717, 1.165) is 62.2 Å². The first-order valence-electron chi connectivity index (χ1n) is 22.1. The Hall–Kier alpha value is -6.77. The van der Waals surface area contributed by atoms with E-state index in [1.807, 2.05) is 23.6 Å². The molecule has 0 radical (unpaired) electrons. The van der Waals surface area contributed by atoms with Crippen LogP contribution >= 0.6 is 11.5 Å². The van der Waals surface area contributed by atoms with Gasteiger partial charge in [0.05, 0.1) is 41.0 Å². The number of nitrogens with one attached hydrogen (secondary N) is 4. The molecule has 0 spiro atoms. The van der Waals surface area contributed by atoms with Crippen LogP contribution in [0.5, 0.6) is 5.75 Å². The van der Waals surface area contributed by atoms with Crippen LogP contribution in [0.4, 0.5) is 31.5 Å². The van der Waals surface area contributed by atoms with E-state index in [1.54, 1.807) is 60.5 Å². The normalized spacial score (nSPS) is 20.9. The highest BCUT2D eigenvalue weighted by molar-refractivity contribution is 7.05. The molecule has 2 saturated heterocycles. The smallest absolute Gasteiger partial charge is 0.274 e. The third kappa shape index (κ3) is 7.61. The summed E-state index contributed by atoms with van der Waals surface area (Å²) in [6.07, 6.45) is 9.75. The van der Waals surface area contributed by atoms with Crippen molar-refractivity contribution in [3.05, 3.63) is 101 Å². The third-order valence-electron chi connectivity index (χ3n) is 12.9. The number of benzene rings is 1. The number of rotatable bonds is 11. The Bertz CT molecular complexity index is 3240. The van der Waals surface area contributed by atoms with E-state index in [2.05, 4.69) is 57.4 Å². The van der Waals surface area contributed by atoms with Crippen molar-refractivity contribution in [3.8, 4) is 5.75 Å². The highest BCUT2D eigenvalue weighted by Crippen LogP contribution is 2.39. The van der Waals surface area contributed by atoms with Crippen LogP contribution in [0.1, 0.15) is 64.2 Å². The van der Waals surface area contributed by atoms with Gasteiger partial charge in [-0.1, -0.05) is 0 Å². The number of fused-ring (bicyclic) bond motifs is 4. The lowest BCUT2D eigenvalue weighted by Gasteiger charge is -2.39. The molecule has 2 unspecified atom stereocenters. The lowest BCUT2D eigenvalue weighted by atomic mass is 10.0. The molecule has 7 aromatic heterocycles. The summed E-state index contributed by atoms with van der Waals surface area (Å²) in [6.45, 7) is 10.8. The summed E-state index contributed by atoms with van der Waals surface area (Å²) < 4.78 is 44.8. The van der Waals surface area contributed by atoms with Gasteiger partial charge < -0.3 is 44.6 Å². The van der Waals surface area contributed by atoms with Crippen molar-refractivity contribution < 1.29 is 23.1 Å². The minimum Gasteiger partial charge on any atom is -0.491 e. The van der Waals surface area contributed by atoms with Gasteiger partial charge in [-0.25, -0.2) is 23.9 Å². The van der Waals surface area contributed by atoms with Crippen LogP contribution in [-0.2, 0) is 0 Å². The number of nitrogens with zero attached hydrogens (tertiary/aromatic N) is 10. The Morgan fingerprint density at radius 2 is 1.68 bits per heavy atom. The van der Waals surface area contributed by atoms with Crippen LogP contribution in [0.2, 0.25) is 0 Å². The van der Waals surface area contributed by atoms with Gasteiger partial charge in [-0.3, -0.25) is 9.59 Å². The Morgan fingerprint density at radius 3 is 2.50 bits per heavy atom. The van der Waals surface area contributed by atoms with Crippen molar-refractivity contribution in [2.24, 2.45) is 5.92 Å². The first kappa shape index (κ1) is 41.9. The maximum atomic E-state index is 15.3. The average molecular weight is 915 g/mol. The summed E-state index contributed by atoms with van der Waals surface area (Å²) in [6, 6.07) is 10.0. The molecule has 2 amide bonds. The second kappa shape index (κ2) is 16.3. The second-order valence-corrected chi connectivity index (χ2v) is 18.5. The molecule has 0 bridgehead atoms. The second-order valence-electron chi connectivity index (χ2n) is 17.9. The van der Waals surface area contributed by atoms with Gasteiger partial charge in [0.25, 0.3) is 11.8 Å². The number of amides is 2. The maximum absolute atomic E-state index is 15.3. The number of methoxy groups -OCH3 is 1. The summed E-state index contributed by atoms with van der Waals surface area (Å²) >= 11 is 1.32. The van der Waals surface area contributed by atoms with Gasteiger partial charge in [-0.15, -0.1) is 0 Å². The fourth-order valence-corrected chi connectivity index (χ4v) is 10.7. The Kier molecular flexibility index (Phi) is 10.3. The molecule has 4 N–H and O–H groups in total. The zero-order chi connectivity index (χ0) is 45.5. The van der Waals surface area contributed by atoms with Crippen LogP contribution in [0.25, 0.3) is 27.8 Å². The van der Waals surface area contributed by atoms with Gasteiger partial charge in [0, 0.05) is 97.7 Å². The van der Waals surface area contributed by atoms with E-state index in [0.29, 0.717) is 51.6 Å². The number of carbonyl (C=O) groups excluding carboxylic acids is 2. The highest BCUT2D eigenvalue weighted by atomic mass is 32.1. The Balaban J connectivity index is 0.722. The number of hydrogen-bond acceptors (Lipinski definition) is 13. The number of hydrogen-bond donors (Lipinski definition) is 4. The van der Waals surface area contributed by atoms with Crippen molar-refractivity contribution in [2.75, 3.05) is 53.7 Å². The van der Waals surface area contributed by atoms with Crippen molar-refractivity contribution in [3.63, 3.8) is 0 Å². The van der Waals surface area contributed by atoms with Crippen molar-refractivity contribution >= 4 is 73.9 Å². The molecular weight excluding hydrogens is 867 g/mol. The number of pyridine rings is 3. The van der Waals surface area contributed by atoms with Crippen LogP contribution in [0, 0.1) is 38.3 Å². The van der Waals surface area contributed by atoms with Crippen molar-refractivity contribution in [2.45, 2.75) is 71.1 Å². The van der Waals surface area contributed by atoms with E-state index >= 15 is 4.39 Å². The molecule has 1 aromatic carbocycles. The topological polar surface area (TPSA) is 176 Å². The first-order chi connectivity index (χ1) is 31.9. The number of aryl methyl sites for hydroxylation is 3. The molecule has 340 valence electrons. The van der Waals surface area contributed by atoms with Gasteiger partial charge in [0.2, 0.25) is 5.82 Å². The highest BCUT2D eigenvalue weighted by Gasteiger charge is 2.42. The molecule has 5 atom stereocenters. The quantitative estimate of drug-likeness (QED) is 0.116. The van der Waals surface area contributed by atoms with Crippen molar-refractivity contribution in [1.82, 2.24) is 48.4 Å². The molecule has 3 fully saturated rings. The van der Waals surface area contributed by atoms with Gasteiger partial charge in [0.1, 0.15) is 17.2 Å². The molecule has 8 aromatic rings. The molecule has 1 saturated carbocycles. The Morgan fingerprint density at radius 1 is 0.894 bits per heavy atom. The van der Waals surface area contributed by atoms with E-state index in [1.165, 1.54) is 29.1 Å². The zero-order valence-electron chi connectivity index (χ0n) is 37.0. The summed E-state index contributed by atoms with van der Waals surface area (Å²) in [4.78, 5) is 45.2. The molecule has 9 heterocycles. The zero-order valence-corrected chi connectivity index (χ0v) is 37.8. The SMILES string of the molecule is COc1c(NC(=O)c2ccc(N3CC[C@H](NC4CC4C[C@@H]4CN(c5ccc(C(=O)Nc6cc(F)c7nc(C)cn7c6)c6nscc56)C[C@H](C)N4)C3)c3nc(C)nn23)cn2cc(C)nc2c1F. The number of carbonyl (C=O) groups is 2. The monoisotopic (exact) mass is 914 g/mol. The molecule has 17 nitrogen and oxygen atoms in total. The van der Waals surface area contributed by atoms with E-state index in [9.17, 15) is 14.0 Å². The van der Waals surface area contributed by atoms with Crippen LogP contribution < -0.4 is 35.8 Å². The predicted molar refractivity (Wildman–Crippen MR) is 248 cm³/mol. The van der Waals surface area contributed by atoms with E-state index < -0.39 is 17.5 Å². The predicted octanol–water partition coefficient (Wildman–Crippen LogP) is 6.16. The molecule has 20 heteroatoms. The number of piperazine rings is 1. The lowest BCUT2D eigenvalue weighted by Crippen LogP contribution is -2.56. The van der Waals surface area contributed by atoms with Crippen LogP contribution in [-0.4, -0.2) is 107 Å². The first-order valence-corrected chi connectivity index (χ1v) is 23.0. The maximum Gasteiger partial charge on any atom is 0.274 e. The van der Waals surface area contributed by atoms with Gasteiger partial charge >= 0.3 is 0 Å². The number of halogens is 2. The van der Waals surface area contributed by atoms with E-state index in [-0.39, 0.29) is 52.5 Å². The minimum absolute atomic E-state index is 0.106. The summed E-state index contributed by atoms with van der Waals surface area (Å²) in [5.74, 6) is -1.05. The standard InChI is InChI=1S/C46H48F2N14O3S/c1-23-15-59(36-7-6-31(40-32(36)22-66-57-40)45(63)54-30-14-33(47)42-50-24(2)16-60(42)20-30)19-29(49-23)12-27-13-34(27)53-28-10-11-58(18-28)37-8-9-38(62-43(37)52-26(4)56-62)46(64)55-35-21-61-17-25(3)51-44(61)39(48)41(35)65-5/h6-9,14,16-17,20-23,27-29,34,49,53H,10-13,15,18-19H2,1-5H3,(H,54,63)(H,55,64)/t23-,27?,28-,29+,34?/m0/s1. The minimum atomic E-state index is -0.666. The van der Waals surface area contributed by atoms with E-state index in [4.69, 9.17) is 9.72 Å². The third-order valence-corrected chi connectivity index (χ3v) is 13.6. The number of imidazole rings is 2. The fourth-order valence-electron chi connectivity index (χ4n) is 10.0. The summed E-state index contributed by atoms with van der Waals surface area (Å²) in [5.41, 5.74) is 5.98. The largest absolute Gasteiger partial charge is 0.491 e. The Labute approximate surface area is 381 Å². The summed E-state index contributed by atoms with van der Waals surface area (Å²) in [5, 5.41) is 21.0. The lowest BCUT2D eigenvalue weighted by molar-refractivity contribution is 0.101. The number of anilines is 4. The molecular formula is C46H48F2N14O3S. The van der Waals surface area contributed by atoms with Gasteiger partial charge in [-0.2, -0.15) is 13.9 Å². The van der Waals surface area contributed by atoms with Crippen LogP contribution in [0.3, 0.4) is 0 Å². The molecule has 66 heavy (non-hydrogen) atoms. The molecule has 1 aliphatic carbocycles. The molecule has 2 aliphatic heterocycles. The number of aromatic nitrogens is 8. The fraction of sp³-hybridized carbons (Fsp3) is 0.370. The van der Waals surface area contributed by atoms with Gasteiger partial charge in [0.15, 0.2) is 28.5 Å². The average Bonchev–Trinajstić information content (AvgIpc) is 3.91. The van der Waals surface area contributed by atoms with Gasteiger partial charge in [-0.05, 0) is 88.7 Å². The summed E-state index contributed by atoms with van der Waals surface area (Å²) in [7, 11) is 1.35. The molecule has 3 aliphatic rings.